The summed E-state index contributed by atoms with van der Waals surface area (Å²) in [5.41, 5.74) is 0.526. The van der Waals surface area contributed by atoms with E-state index in [1.807, 2.05) is 0 Å². The van der Waals surface area contributed by atoms with Gasteiger partial charge < -0.3 is 19.5 Å². The van der Waals surface area contributed by atoms with Crippen molar-refractivity contribution in [3.8, 4) is 17.2 Å². The van der Waals surface area contributed by atoms with Crippen molar-refractivity contribution >= 4 is 23.2 Å². The smallest absolute Gasteiger partial charge is 0.265 e. The minimum atomic E-state index is -0.832. The molecular weight excluding hydrogens is 337 g/mol. The maximum Gasteiger partial charge on any atom is 0.265 e. The molecule has 0 aliphatic heterocycles. The molecule has 128 valence electrons. The number of hydrogen-bond acceptors (Lipinski definition) is 4. The SMILES string of the molecule is COc1ccc(NC(=O)C(C)Oc2ccc(F)cc2Cl)cc1OC. The van der Waals surface area contributed by atoms with Crippen LogP contribution in [-0.4, -0.2) is 26.2 Å². The van der Waals surface area contributed by atoms with Gasteiger partial charge in [0.25, 0.3) is 5.91 Å². The quantitative estimate of drug-likeness (QED) is 0.855. The normalized spacial score (nSPS) is 11.5. The van der Waals surface area contributed by atoms with Crippen molar-refractivity contribution in [2.24, 2.45) is 0 Å². The molecule has 1 unspecified atom stereocenters. The summed E-state index contributed by atoms with van der Waals surface area (Å²) in [6, 6.07) is 8.69. The van der Waals surface area contributed by atoms with Crippen molar-refractivity contribution in [3.05, 3.63) is 47.2 Å². The largest absolute Gasteiger partial charge is 0.493 e. The Balaban J connectivity index is 2.06. The summed E-state index contributed by atoms with van der Waals surface area (Å²) in [5.74, 6) is 0.411. The van der Waals surface area contributed by atoms with Gasteiger partial charge in [-0.05, 0) is 37.3 Å². The van der Waals surface area contributed by atoms with Crippen LogP contribution in [-0.2, 0) is 4.79 Å². The van der Waals surface area contributed by atoms with Crippen molar-refractivity contribution in [1.29, 1.82) is 0 Å². The zero-order valence-electron chi connectivity index (χ0n) is 13.4. The van der Waals surface area contributed by atoms with Gasteiger partial charge in [0.15, 0.2) is 17.6 Å². The van der Waals surface area contributed by atoms with Crippen LogP contribution in [0.1, 0.15) is 6.92 Å². The van der Waals surface area contributed by atoms with Crippen molar-refractivity contribution < 1.29 is 23.4 Å². The minimum Gasteiger partial charge on any atom is -0.493 e. The van der Waals surface area contributed by atoms with E-state index in [-0.39, 0.29) is 16.7 Å². The van der Waals surface area contributed by atoms with E-state index < -0.39 is 11.9 Å². The summed E-state index contributed by atoms with van der Waals surface area (Å²) in [6.45, 7) is 1.57. The monoisotopic (exact) mass is 353 g/mol. The summed E-state index contributed by atoms with van der Waals surface area (Å²) in [4.78, 5) is 12.2. The maximum atomic E-state index is 13.0. The van der Waals surface area contributed by atoms with Crippen LogP contribution in [0.3, 0.4) is 0 Å². The van der Waals surface area contributed by atoms with Gasteiger partial charge in [0.1, 0.15) is 11.6 Å². The maximum absolute atomic E-state index is 13.0. The highest BCUT2D eigenvalue weighted by Gasteiger charge is 2.17. The molecule has 1 amide bonds. The third-order valence-electron chi connectivity index (χ3n) is 3.22. The molecule has 7 heteroatoms. The number of hydrogen-bond donors (Lipinski definition) is 1. The first-order valence-corrected chi connectivity index (χ1v) is 7.47. The molecule has 24 heavy (non-hydrogen) atoms. The third-order valence-corrected chi connectivity index (χ3v) is 3.51. The highest BCUT2D eigenvalue weighted by atomic mass is 35.5. The van der Waals surface area contributed by atoms with E-state index in [4.69, 9.17) is 25.8 Å². The molecule has 2 aromatic rings. The molecule has 0 aliphatic carbocycles. The predicted molar refractivity (Wildman–Crippen MR) is 89.7 cm³/mol. The number of anilines is 1. The number of rotatable bonds is 6. The van der Waals surface area contributed by atoms with Crippen LogP contribution >= 0.6 is 11.6 Å². The summed E-state index contributed by atoms with van der Waals surface area (Å²) in [6.07, 6.45) is -0.832. The molecule has 0 bridgehead atoms. The molecule has 0 saturated carbocycles. The topological polar surface area (TPSA) is 56.8 Å². The minimum absolute atomic E-state index is 0.0979. The molecule has 0 heterocycles. The number of carbonyl (C=O) groups is 1. The number of nitrogens with one attached hydrogen (secondary N) is 1. The van der Waals surface area contributed by atoms with E-state index in [0.29, 0.717) is 17.2 Å². The first-order valence-electron chi connectivity index (χ1n) is 7.09. The van der Waals surface area contributed by atoms with Gasteiger partial charge in [-0.2, -0.15) is 0 Å². The lowest BCUT2D eigenvalue weighted by molar-refractivity contribution is -0.122. The van der Waals surface area contributed by atoms with Crippen LogP contribution in [0.5, 0.6) is 17.2 Å². The molecule has 1 atom stereocenters. The van der Waals surface area contributed by atoms with E-state index in [9.17, 15) is 9.18 Å². The number of ether oxygens (including phenoxy) is 3. The van der Waals surface area contributed by atoms with Crippen LogP contribution in [0.15, 0.2) is 36.4 Å². The number of halogens is 2. The summed E-state index contributed by atoms with van der Waals surface area (Å²) in [5, 5.41) is 2.80. The molecule has 5 nitrogen and oxygen atoms in total. The Labute approximate surface area is 144 Å². The van der Waals surface area contributed by atoms with Gasteiger partial charge in [-0.3, -0.25) is 4.79 Å². The van der Waals surface area contributed by atoms with Crippen molar-refractivity contribution in [2.75, 3.05) is 19.5 Å². The molecule has 0 saturated heterocycles. The van der Waals surface area contributed by atoms with E-state index in [2.05, 4.69) is 5.32 Å². The molecule has 0 spiro atoms. The predicted octanol–water partition coefficient (Wildman–Crippen LogP) is 3.90. The molecule has 0 fully saturated rings. The van der Waals surface area contributed by atoms with Crippen LogP contribution in [0.25, 0.3) is 0 Å². The Kier molecular flexibility index (Phi) is 5.87. The second-order valence-corrected chi connectivity index (χ2v) is 5.30. The molecule has 0 aromatic heterocycles. The first-order chi connectivity index (χ1) is 11.4. The fourth-order valence-corrected chi connectivity index (χ4v) is 2.18. The number of methoxy groups -OCH3 is 2. The molecule has 2 aromatic carbocycles. The van der Waals surface area contributed by atoms with E-state index in [1.54, 1.807) is 25.1 Å². The lowest BCUT2D eigenvalue weighted by Crippen LogP contribution is -2.30. The van der Waals surface area contributed by atoms with Gasteiger partial charge in [-0.15, -0.1) is 0 Å². The van der Waals surface area contributed by atoms with Crippen LogP contribution in [0.2, 0.25) is 5.02 Å². The van der Waals surface area contributed by atoms with Gasteiger partial charge >= 0.3 is 0 Å². The van der Waals surface area contributed by atoms with Crippen LogP contribution in [0, 0.1) is 5.82 Å². The molecule has 2 rings (SSSR count). The Morgan fingerprint density at radius 1 is 1.08 bits per heavy atom. The van der Waals surface area contributed by atoms with Crippen LogP contribution < -0.4 is 19.5 Å². The Hall–Kier alpha value is -2.47. The fraction of sp³-hybridized carbons (Fsp3) is 0.235. The van der Waals surface area contributed by atoms with E-state index in [0.717, 1.165) is 6.07 Å². The summed E-state index contributed by atoms with van der Waals surface area (Å²) >= 11 is 5.88. The highest BCUT2D eigenvalue weighted by molar-refractivity contribution is 6.32. The average molecular weight is 354 g/mol. The highest BCUT2D eigenvalue weighted by Crippen LogP contribution is 2.30. The summed E-state index contributed by atoms with van der Waals surface area (Å²) in [7, 11) is 3.03. The molecule has 1 N–H and O–H groups in total. The zero-order chi connectivity index (χ0) is 17.7. The third kappa shape index (κ3) is 4.29. The van der Waals surface area contributed by atoms with Crippen LogP contribution in [0.4, 0.5) is 10.1 Å². The van der Waals surface area contributed by atoms with Gasteiger partial charge in [-0.25, -0.2) is 4.39 Å². The molecular formula is C17H17ClFNO4. The lowest BCUT2D eigenvalue weighted by Gasteiger charge is -2.16. The lowest BCUT2D eigenvalue weighted by atomic mass is 10.2. The number of benzene rings is 2. The Bertz CT molecular complexity index is 739. The van der Waals surface area contributed by atoms with Gasteiger partial charge in [0, 0.05) is 11.8 Å². The van der Waals surface area contributed by atoms with Crippen molar-refractivity contribution in [1.82, 2.24) is 0 Å². The fourth-order valence-electron chi connectivity index (χ4n) is 1.97. The first kappa shape index (κ1) is 17.9. The number of carbonyl (C=O) groups excluding carboxylic acids is 1. The second-order valence-electron chi connectivity index (χ2n) is 4.89. The van der Waals surface area contributed by atoms with Crippen molar-refractivity contribution in [2.45, 2.75) is 13.0 Å². The van der Waals surface area contributed by atoms with E-state index >= 15 is 0 Å². The molecule has 0 aliphatic rings. The summed E-state index contributed by atoms with van der Waals surface area (Å²) < 4.78 is 28.8. The van der Waals surface area contributed by atoms with Gasteiger partial charge in [0.2, 0.25) is 0 Å². The van der Waals surface area contributed by atoms with Gasteiger partial charge in [-0.1, -0.05) is 11.6 Å². The van der Waals surface area contributed by atoms with Crippen molar-refractivity contribution in [3.63, 3.8) is 0 Å². The van der Waals surface area contributed by atoms with E-state index in [1.165, 1.54) is 26.4 Å². The van der Waals surface area contributed by atoms with Gasteiger partial charge in [0.05, 0.1) is 19.2 Å². The molecule has 0 radical (unpaired) electrons. The Morgan fingerprint density at radius 3 is 2.38 bits per heavy atom. The second kappa shape index (κ2) is 7.88. The zero-order valence-corrected chi connectivity index (χ0v) is 14.2. The Morgan fingerprint density at radius 2 is 1.75 bits per heavy atom. The average Bonchev–Trinajstić information content (AvgIpc) is 2.57. The standard InChI is InChI=1S/C17H17ClFNO4/c1-10(24-14-6-4-11(19)8-13(14)18)17(21)20-12-5-7-15(22-2)16(9-12)23-3/h4-10H,1-3H3,(H,20,21). The number of amides is 1.